The molecule has 5 atom stereocenters. The number of hydrogen-bond acceptors (Lipinski definition) is 1. The maximum Gasteiger partial charge on any atom is 0.139 e. The molecule has 5 unspecified atom stereocenters. The zero-order chi connectivity index (χ0) is 14.8. The molecule has 0 amide bonds. The van der Waals surface area contributed by atoms with Gasteiger partial charge < -0.3 is 0 Å². The number of allylic oxidation sites excluding steroid dienone is 2. The van der Waals surface area contributed by atoms with Crippen molar-refractivity contribution in [2.75, 3.05) is 0 Å². The molecule has 0 radical (unpaired) electrons. The summed E-state index contributed by atoms with van der Waals surface area (Å²) in [6.07, 6.45) is 9.10. The smallest absolute Gasteiger partial charge is 0.139 e. The molecule has 21 heavy (non-hydrogen) atoms. The van der Waals surface area contributed by atoms with Crippen LogP contribution in [0.2, 0.25) is 0 Å². The van der Waals surface area contributed by atoms with Gasteiger partial charge in [-0.2, -0.15) is 0 Å². The zero-order valence-corrected chi connectivity index (χ0v) is 13.4. The Kier molecular flexibility index (Phi) is 2.94. The van der Waals surface area contributed by atoms with Crippen LogP contribution in [0.5, 0.6) is 0 Å². The molecule has 0 aromatic rings. The van der Waals surface area contributed by atoms with Crippen LogP contribution in [0.25, 0.3) is 0 Å². The lowest BCUT2D eigenvalue weighted by Crippen LogP contribution is -2.50. The van der Waals surface area contributed by atoms with Crippen molar-refractivity contribution in [3.05, 3.63) is 11.4 Å². The van der Waals surface area contributed by atoms with Crippen molar-refractivity contribution < 1.29 is 9.18 Å². The maximum absolute atomic E-state index is 14.8. The van der Waals surface area contributed by atoms with E-state index in [4.69, 9.17) is 0 Å². The number of ketones is 1. The predicted octanol–water partition coefficient (Wildman–Crippen LogP) is 5.21. The fraction of sp³-hybridized carbons (Fsp3) is 0.842. The predicted molar refractivity (Wildman–Crippen MR) is 81.4 cm³/mol. The van der Waals surface area contributed by atoms with Gasteiger partial charge in [0.15, 0.2) is 0 Å². The molecule has 4 rings (SSSR count). The van der Waals surface area contributed by atoms with Crippen molar-refractivity contribution in [3.63, 3.8) is 0 Å². The summed E-state index contributed by atoms with van der Waals surface area (Å²) in [6.45, 7) is 4.50. The average Bonchev–Trinajstić information content (AvgIpc) is 2.75. The third kappa shape index (κ3) is 1.71. The van der Waals surface area contributed by atoms with Crippen LogP contribution in [0.15, 0.2) is 11.4 Å². The Morgan fingerprint density at radius 2 is 1.76 bits per heavy atom. The molecule has 3 saturated carbocycles. The van der Waals surface area contributed by atoms with Crippen LogP contribution >= 0.6 is 0 Å². The first-order valence-electron chi connectivity index (χ1n) is 8.88. The Balaban J connectivity index is 1.75. The van der Waals surface area contributed by atoms with Gasteiger partial charge in [0.2, 0.25) is 0 Å². The minimum absolute atomic E-state index is 0.0955. The molecular formula is C19H27FO. The maximum atomic E-state index is 14.8. The van der Waals surface area contributed by atoms with E-state index in [9.17, 15) is 9.18 Å². The number of halogens is 1. The molecule has 0 aliphatic heterocycles. The number of hydrogen-bond donors (Lipinski definition) is 0. The number of carbonyl (C=O) groups is 1. The van der Waals surface area contributed by atoms with E-state index in [1.807, 2.05) is 0 Å². The first-order valence-corrected chi connectivity index (χ1v) is 8.88. The van der Waals surface area contributed by atoms with E-state index in [1.54, 1.807) is 0 Å². The third-order valence-corrected chi connectivity index (χ3v) is 7.77. The van der Waals surface area contributed by atoms with Crippen LogP contribution < -0.4 is 0 Å². The standard InChI is InChI=1S/C19H27FO/c1-18-9-4-3-5-15(18)16(20)11-12-13-6-7-17(21)19(13,2)10-8-14(12)18/h12-14H,3-11H2,1-2H3. The van der Waals surface area contributed by atoms with E-state index < -0.39 is 0 Å². The Bertz CT molecular complexity index is 522. The van der Waals surface area contributed by atoms with Crippen LogP contribution in [-0.4, -0.2) is 5.78 Å². The molecule has 0 aromatic heterocycles. The second-order valence-corrected chi connectivity index (χ2v) is 8.51. The highest BCUT2D eigenvalue weighted by atomic mass is 19.1. The van der Waals surface area contributed by atoms with E-state index in [1.165, 1.54) is 6.42 Å². The minimum Gasteiger partial charge on any atom is -0.299 e. The van der Waals surface area contributed by atoms with Crippen LogP contribution in [0.3, 0.4) is 0 Å². The Labute approximate surface area is 127 Å². The molecule has 0 aromatic carbocycles. The molecule has 4 aliphatic carbocycles. The topological polar surface area (TPSA) is 17.1 Å². The van der Waals surface area contributed by atoms with Crippen molar-refractivity contribution in [3.8, 4) is 0 Å². The van der Waals surface area contributed by atoms with Gasteiger partial charge in [0.25, 0.3) is 0 Å². The Hall–Kier alpha value is -0.660. The van der Waals surface area contributed by atoms with Crippen molar-refractivity contribution >= 4 is 5.78 Å². The number of rotatable bonds is 0. The summed E-state index contributed by atoms with van der Waals surface area (Å²) in [7, 11) is 0. The first kappa shape index (κ1) is 14.0. The quantitative estimate of drug-likeness (QED) is 0.599. The van der Waals surface area contributed by atoms with Gasteiger partial charge in [0.05, 0.1) is 5.83 Å². The molecule has 0 heterocycles. The average molecular weight is 290 g/mol. The molecule has 0 N–H and O–H groups in total. The summed E-state index contributed by atoms with van der Waals surface area (Å²) >= 11 is 0. The second kappa shape index (κ2) is 4.43. The summed E-state index contributed by atoms with van der Waals surface area (Å²) in [5.41, 5.74) is 1.12. The van der Waals surface area contributed by atoms with Gasteiger partial charge in [-0.3, -0.25) is 4.79 Å². The van der Waals surface area contributed by atoms with Gasteiger partial charge in [-0.15, -0.1) is 0 Å². The van der Waals surface area contributed by atoms with E-state index in [0.29, 0.717) is 30.0 Å². The van der Waals surface area contributed by atoms with E-state index in [-0.39, 0.29) is 16.7 Å². The monoisotopic (exact) mass is 290 g/mol. The van der Waals surface area contributed by atoms with Crippen LogP contribution in [0, 0.1) is 28.6 Å². The van der Waals surface area contributed by atoms with E-state index in [2.05, 4.69) is 13.8 Å². The highest BCUT2D eigenvalue weighted by molar-refractivity contribution is 5.87. The van der Waals surface area contributed by atoms with Crippen molar-refractivity contribution in [1.82, 2.24) is 0 Å². The summed E-state index contributed by atoms with van der Waals surface area (Å²) in [6, 6.07) is 0. The lowest BCUT2D eigenvalue weighted by Gasteiger charge is -2.56. The minimum atomic E-state index is -0.135. The molecule has 0 bridgehead atoms. The molecule has 116 valence electrons. The third-order valence-electron chi connectivity index (χ3n) is 7.77. The van der Waals surface area contributed by atoms with Gasteiger partial charge in [-0.05, 0) is 67.3 Å². The van der Waals surface area contributed by atoms with Gasteiger partial charge in [0, 0.05) is 18.3 Å². The molecule has 1 nitrogen and oxygen atoms in total. The molecule has 3 fully saturated rings. The van der Waals surface area contributed by atoms with E-state index in [0.717, 1.165) is 50.5 Å². The SMILES string of the molecule is CC12CCC3C(CC(F)=C4CCCCC43C)C1CCC2=O. The van der Waals surface area contributed by atoms with E-state index >= 15 is 0 Å². The van der Waals surface area contributed by atoms with Crippen LogP contribution in [-0.2, 0) is 4.79 Å². The van der Waals surface area contributed by atoms with Crippen molar-refractivity contribution in [1.29, 1.82) is 0 Å². The number of fused-ring (bicyclic) bond motifs is 5. The van der Waals surface area contributed by atoms with Crippen molar-refractivity contribution in [2.45, 2.75) is 71.6 Å². The largest absolute Gasteiger partial charge is 0.299 e. The fourth-order valence-corrected chi connectivity index (χ4v) is 6.55. The van der Waals surface area contributed by atoms with Crippen LogP contribution in [0.4, 0.5) is 4.39 Å². The zero-order valence-electron chi connectivity index (χ0n) is 13.4. The fourth-order valence-electron chi connectivity index (χ4n) is 6.55. The molecule has 2 heteroatoms. The molecule has 0 saturated heterocycles. The molecular weight excluding hydrogens is 263 g/mol. The summed E-state index contributed by atoms with van der Waals surface area (Å²) in [5.74, 6) is 2.13. The molecule has 4 aliphatic rings. The van der Waals surface area contributed by atoms with Gasteiger partial charge in [0.1, 0.15) is 5.78 Å². The summed E-state index contributed by atoms with van der Waals surface area (Å²) < 4.78 is 14.8. The van der Waals surface area contributed by atoms with Crippen molar-refractivity contribution in [2.24, 2.45) is 28.6 Å². The highest BCUT2D eigenvalue weighted by Crippen LogP contribution is 2.65. The molecule has 0 spiro atoms. The number of carbonyl (C=O) groups excluding carboxylic acids is 1. The highest BCUT2D eigenvalue weighted by Gasteiger charge is 2.59. The lowest BCUT2D eigenvalue weighted by atomic mass is 9.48. The second-order valence-electron chi connectivity index (χ2n) is 8.51. The number of Topliss-reactive ketones (excluding diaryl/α,β-unsaturated/α-hetero) is 1. The Morgan fingerprint density at radius 1 is 1.00 bits per heavy atom. The lowest BCUT2D eigenvalue weighted by molar-refractivity contribution is -0.132. The first-order chi connectivity index (χ1) is 9.97. The Morgan fingerprint density at radius 3 is 2.57 bits per heavy atom. The van der Waals surface area contributed by atoms with Gasteiger partial charge in [-0.25, -0.2) is 4.39 Å². The summed E-state index contributed by atoms with van der Waals surface area (Å²) in [5, 5.41) is 0. The normalized spacial score (nSPS) is 49.7. The van der Waals surface area contributed by atoms with Crippen LogP contribution in [0.1, 0.15) is 71.6 Å². The van der Waals surface area contributed by atoms with Gasteiger partial charge >= 0.3 is 0 Å². The van der Waals surface area contributed by atoms with Gasteiger partial charge in [-0.1, -0.05) is 20.3 Å². The summed E-state index contributed by atoms with van der Waals surface area (Å²) in [4.78, 5) is 12.3.